The maximum absolute atomic E-state index is 14.0. The van der Waals surface area contributed by atoms with Gasteiger partial charge in [0, 0.05) is 18.5 Å². The molecule has 7 heteroatoms. The first kappa shape index (κ1) is 25.9. The minimum atomic E-state index is -1.06. The molecule has 3 aromatic carbocycles. The van der Waals surface area contributed by atoms with E-state index in [0.29, 0.717) is 43.6 Å². The Bertz CT molecular complexity index is 1240. The number of hydrogen-bond acceptors (Lipinski definition) is 5. The van der Waals surface area contributed by atoms with Gasteiger partial charge in [0.1, 0.15) is 18.4 Å². The highest BCUT2D eigenvalue weighted by Gasteiger charge is 2.40. The Balaban J connectivity index is 1.40. The molecule has 1 aliphatic carbocycles. The van der Waals surface area contributed by atoms with Gasteiger partial charge in [-0.15, -0.1) is 0 Å². The van der Waals surface area contributed by atoms with Crippen molar-refractivity contribution in [3.05, 3.63) is 101 Å². The lowest BCUT2D eigenvalue weighted by Crippen LogP contribution is -2.51. The van der Waals surface area contributed by atoms with Crippen molar-refractivity contribution in [3.63, 3.8) is 0 Å². The largest absolute Gasteiger partial charge is 0.489 e. The van der Waals surface area contributed by atoms with Gasteiger partial charge in [-0.25, -0.2) is 4.79 Å². The van der Waals surface area contributed by atoms with Crippen LogP contribution in [-0.4, -0.2) is 45.2 Å². The minimum absolute atomic E-state index is 0.151. The van der Waals surface area contributed by atoms with Gasteiger partial charge in [-0.1, -0.05) is 72.8 Å². The molecule has 1 fully saturated rings. The molecule has 2 N–H and O–H groups in total. The highest BCUT2D eigenvalue weighted by atomic mass is 16.5. The van der Waals surface area contributed by atoms with Crippen LogP contribution in [0.5, 0.6) is 5.75 Å². The van der Waals surface area contributed by atoms with Crippen molar-refractivity contribution in [1.29, 1.82) is 0 Å². The average Bonchev–Trinajstić information content (AvgIpc) is 2.95. The molecule has 0 saturated heterocycles. The van der Waals surface area contributed by atoms with Crippen molar-refractivity contribution >= 4 is 11.9 Å². The highest BCUT2D eigenvalue weighted by molar-refractivity contribution is 5.88. The second kappa shape index (κ2) is 11.8. The molecule has 1 amide bonds. The Kier molecular flexibility index (Phi) is 8.05. The summed E-state index contributed by atoms with van der Waals surface area (Å²) in [4.78, 5) is 27.9. The second-order valence-electron chi connectivity index (χ2n) is 10.0. The predicted octanol–water partition coefficient (Wildman–Crippen LogP) is 4.66. The van der Waals surface area contributed by atoms with Crippen molar-refractivity contribution in [3.8, 4) is 5.75 Å². The fourth-order valence-corrected chi connectivity index (χ4v) is 5.34. The number of nitrogens with zero attached hydrogens (tertiary/aromatic N) is 1. The van der Waals surface area contributed by atoms with Gasteiger partial charge in [-0.05, 0) is 48.4 Å². The molecule has 3 aromatic rings. The number of amides is 1. The van der Waals surface area contributed by atoms with E-state index in [0.717, 1.165) is 16.7 Å². The van der Waals surface area contributed by atoms with Crippen molar-refractivity contribution < 1.29 is 29.3 Å². The van der Waals surface area contributed by atoms with E-state index in [1.54, 1.807) is 0 Å². The van der Waals surface area contributed by atoms with Crippen LogP contribution in [0.1, 0.15) is 54.0 Å². The molecule has 198 valence electrons. The fraction of sp³-hybridized carbons (Fsp3) is 0.355. The molecule has 0 radical (unpaired) electrons. The lowest BCUT2D eigenvalue weighted by molar-refractivity contribution is -0.161. The number of benzene rings is 3. The topological polar surface area (TPSA) is 96.3 Å². The van der Waals surface area contributed by atoms with Crippen LogP contribution in [0.3, 0.4) is 0 Å². The summed E-state index contributed by atoms with van der Waals surface area (Å²) in [6.45, 7) is 0.529. The zero-order valence-corrected chi connectivity index (χ0v) is 21.2. The van der Waals surface area contributed by atoms with Gasteiger partial charge in [0.15, 0.2) is 6.10 Å². The number of carbonyl (C=O) groups excluding carboxylic acids is 1. The smallest absolute Gasteiger partial charge is 0.326 e. The maximum Gasteiger partial charge on any atom is 0.326 e. The van der Waals surface area contributed by atoms with Crippen LogP contribution in [0.2, 0.25) is 0 Å². The lowest BCUT2D eigenvalue weighted by Gasteiger charge is -2.38. The normalized spacial score (nSPS) is 21.8. The van der Waals surface area contributed by atoms with Crippen LogP contribution in [0, 0.1) is 0 Å². The molecule has 1 aliphatic heterocycles. The van der Waals surface area contributed by atoms with Gasteiger partial charge < -0.3 is 24.6 Å². The molecule has 2 aliphatic rings. The minimum Gasteiger partial charge on any atom is -0.489 e. The van der Waals surface area contributed by atoms with E-state index >= 15 is 0 Å². The van der Waals surface area contributed by atoms with Gasteiger partial charge in [0.25, 0.3) is 5.91 Å². The molecule has 1 heterocycles. The molecular formula is C31H33NO6. The first-order valence-corrected chi connectivity index (χ1v) is 13.2. The number of aliphatic hydroxyl groups is 1. The molecule has 0 aromatic heterocycles. The lowest BCUT2D eigenvalue weighted by atomic mass is 9.91. The van der Waals surface area contributed by atoms with Gasteiger partial charge in [-0.3, -0.25) is 4.79 Å². The van der Waals surface area contributed by atoms with Gasteiger partial charge in [-0.2, -0.15) is 0 Å². The first-order chi connectivity index (χ1) is 18.5. The van der Waals surface area contributed by atoms with Gasteiger partial charge >= 0.3 is 5.97 Å². The van der Waals surface area contributed by atoms with E-state index in [-0.39, 0.29) is 31.1 Å². The Labute approximate surface area is 222 Å². The summed E-state index contributed by atoms with van der Waals surface area (Å²) in [6.07, 6.45) is 1.29. The van der Waals surface area contributed by atoms with E-state index in [2.05, 4.69) is 0 Å². The zero-order chi connectivity index (χ0) is 26.5. The van der Waals surface area contributed by atoms with Crippen LogP contribution < -0.4 is 4.74 Å². The second-order valence-corrected chi connectivity index (χ2v) is 10.0. The van der Waals surface area contributed by atoms with Crippen LogP contribution in [0.25, 0.3) is 0 Å². The summed E-state index contributed by atoms with van der Waals surface area (Å²) in [5.41, 5.74) is 3.40. The van der Waals surface area contributed by atoms with Crippen LogP contribution >= 0.6 is 0 Å². The van der Waals surface area contributed by atoms with E-state index < -0.39 is 18.1 Å². The number of carboxylic acids is 1. The number of aliphatic hydroxyl groups excluding tert-OH is 1. The molecule has 0 spiro atoms. The summed E-state index contributed by atoms with van der Waals surface area (Å²) in [5, 5.41) is 20.1. The highest BCUT2D eigenvalue weighted by Crippen LogP contribution is 2.35. The Morgan fingerprint density at radius 1 is 0.895 bits per heavy atom. The Morgan fingerprint density at radius 2 is 1.58 bits per heavy atom. The molecular weight excluding hydrogens is 482 g/mol. The quantitative estimate of drug-likeness (QED) is 0.453. The third-order valence-corrected chi connectivity index (χ3v) is 7.45. The zero-order valence-electron chi connectivity index (χ0n) is 21.2. The predicted molar refractivity (Wildman–Crippen MR) is 141 cm³/mol. The Hall–Kier alpha value is -3.68. The summed E-state index contributed by atoms with van der Waals surface area (Å²) in [6, 6.07) is 23.6. The van der Waals surface area contributed by atoms with Crippen molar-refractivity contribution in [1.82, 2.24) is 4.90 Å². The first-order valence-electron chi connectivity index (χ1n) is 13.2. The van der Waals surface area contributed by atoms with Crippen molar-refractivity contribution in [2.75, 3.05) is 0 Å². The number of aliphatic carboxylic acids is 1. The number of carbonyl (C=O) groups is 2. The SMILES string of the molecule is O=C(O)[C@H]1Cc2c(cccc2OCc2ccccc2)CN1C(=O)[C@H](OC1CCC(O)CC1)c1ccccc1. The van der Waals surface area contributed by atoms with Crippen LogP contribution in [0.4, 0.5) is 0 Å². The fourth-order valence-electron chi connectivity index (χ4n) is 5.34. The summed E-state index contributed by atoms with van der Waals surface area (Å²) >= 11 is 0. The standard InChI is InChI=1S/C31H33NO6/c33-24-14-16-25(17-15-24)38-29(22-10-5-2-6-11-22)30(34)32-19-23-12-7-13-28(26(23)18-27(32)31(35)36)37-20-21-8-3-1-4-9-21/h1-13,24-25,27,29,33H,14-20H2,(H,35,36)/t24?,25?,27-,29-/m1/s1. The molecule has 5 rings (SSSR count). The maximum atomic E-state index is 14.0. The number of carboxylic acid groups (broad SMARTS) is 1. The van der Waals surface area contributed by atoms with Gasteiger partial charge in [0.05, 0.1) is 12.2 Å². The molecule has 2 atom stereocenters. The number of hydrogen-bond donors (Lipinski definition) is 2. The Morgan fingerprint density at radius 3 is 2.26 bits per heavy atom. The molecule has 7 nitrogen and oxygen atoms in total. The van der Waals surface area contributed by atoms with Crippen LogP contribution in [-0.2, 0) is 33.9 Å². The third kappa shape index (κ3) is 5.90. The van der Waals surface area contributed by atoms with Crippen molar-refractivity contribution in [2.45, 2.75) is 69.6 Å². The summed E-state index contributed by atoms with van der Waals surface area (Å²) < 4.78 is 12.4. The molecule has 0 unspecified atom stereocenters. The van der Waals surface area contributed by atoms with Crippen LogP contribution in [0.15, 0.2) is 78.9 Å². The number of rotatable bonds is 8. The van der Waals surface area contributed by atoms with E-state index in [9.17, 15) is 19.8 Å². The monoisotopic (exact) mass is 515 g/mol. The molecule has 38 heavy (non-hydrogen) atoms. The van der Waals surface area contributed by atoms with Gasteiger partial charge in [0.2, 0.25) is 0 Å². The average molecular weight is 516 g/mol. The molecule has 1 saturated carbocycles. The van der Waals surface area contributed by atoms with E-state index in [1.807, 2.05) is 78.9 Å². The van der Waals surface area contributed by atoms with Crippen molar-refractivity contribution in [2.24, 2.45) is 0 Å². The number of ether oxygens (including phenoxy) is 2. The van der Waals surface area contributed by atoms with E-state index in [1.165, 1.54) is 4.90 Å². The summed E-state index contributed by atoms with van der Waals surface area (Å²) in [7, 11) is 0. The summed E-state index contributed by atoms with van der Waals surface area (Å²) in [5.74, 6) is -0.785. The number of fused-ring (bicyclic) bond motifs is 1. The van der Waals surface area contributed by atoms with E-state index in [4.69, 9.17) is 9.47 Å². The molecule has 0 bridgehead atoms. The third-order valence-electron chi connectivity index (χ3n) is 7.45.